The van der Waals surface area contributed by atoms with Crippen molar-refractivity contribution in [3.63, 3.8) is 0 Å². The van der Waals surface area contributed by atoms with Crippen molar-refractivity contribution in [2.75, 3.05) is 46.3 Å². The number of halogens is 3. The summed E-state index contributed by atoms with van der Waals surface area (Å²) in [4.78, 5) is 18.3. The number of β-amino-alcohol motifs (C(OH)–C–C–N with tert-alkyl or cyclic N) is 1. The van der Waals surface area contributed by atoms with Crippen molar-refractivity contribution in [3.8, 4) is 0 Å². The molecule has 0 aliphatic carbocycles. The van der Waals surface area contributed by atoms with Gasteiger partial charge in [0.25, 0.3) is 5.91 Å². The smallest absolute Gasteiger partial charge is 0.390 e. The molecule has 2 aliphatic heterocycles. The summed E-state index contributed by atoms with van der Waals surface area (Å²) in [5.74, 6) is -0.677. The normalized spacial score (nSPS) is 26.2. The van der Waals surface area contributed by atoms with Crippen LogP contribution in [0.5, 0.6) is 0 Å². The fourth-order valence-electron chi connectivity index (χ4n) is 3.53. The van der Waals surface area contributed by atoms with Gasteiger partial charge in [-0.15, -0.1) is 0 Å². The van der Waals surface area contributed by atoms with Crippen LogP contribution < -0.4 is 0 Å². The number of likely N-dealkylation sites (N-methyl/N-ethyl adjacent to an activating group) is 1. The van der Waals surface area contributed by atoms with Gasteiger partial charge < -0.3 is 14.9 Å². The molecule has 0 spiro atoms. The highest BCUT2D eigenvalue weighted by Crippen LogP contribution is 2.33. The van der Waals surface area contributed by atoms with Gasteiger partial charge >= 0.3 is 6.18 Å². The van der Waals surface area contributed by atoms with E-state index in [4.69, 9.17) is 0 Å². The predicted octanol–water partition coefficient (Wildman–Crippen LogP) is 1.14. The van der Waals surface area contributed by atoms with Crippen LogP contribution in [0.3, 0.4) is 0 Å². The number of carbonyl (C=O) groups is 1. The van der Waals surface area contributed by atoms with Crippen molar-refractivity contribution < 1.29 is 23.1 Å². The number of nitrogens with zero attached hydrogens (tertiary/aromatic N) is 3. The maximum absolute atomic E-state index is 13.1. The lowest BCUT2D eigenvalue weighted by Crippen LogP contribution is -2.52. The highest BCUT2D eigenvalue weighted by molar-refractivity contribution is 5.96. The van der Waals surface area contributed by atoms with Crippen molar-refractivity contribution >= 4 is 5.91 Å². The molecule has 2 fully saturated rings. The van der Waals surface area contributed by atoms with Crippen LogP contribution in [-0.4, -0.2) is 84.2 Å². The summed E-state index contributed by atoms with van der Waals surface area (Å²) < 4.78 is 39.4. The topological polar surface area (TPSA) is 47.0 Å². The summed E-state index contributed by atoms with van der Waals surface area (Å²) in [6, 6.07) is 4.58. The second kappa shape index (κ2) is 6.93. The molecular weight excluding hydrogens is 335 g/mol. The highest BCUT2D eigenvalue weighted by Gasteiger charge is 2.41. The third-order valence-corrected chi connectivity index (χ3v) is 5.02. The number of benzene rings is 1. The number of likely N-dealkylation sites (tertiary alicyclic amines) is 1. The highest BCUT2D eigenvalue weighted by atomic mass is 19.4. The van der Waals surface area contributed by atoms with Crippen molar-refractivity contribution in [2.24, 2.45) is 0 Å². The summed E-state index contributed by atoms with van der Waals surface area (Å²) in [6.07, 6.45) is -5.33. The summed E-state index contributed by atoms with van der Waals surface area (Å²) in [5, 5.41) is 10.3. The molecule has 2 heterocycles. The Kier molecular flexibility index (Phi) is 5.04. The number of rotatable bonds is 2. The number of alkyl halides is 3. The van der Waals surface area contributed by atoms with Crippen LogP contribution in [0, 0.1) is 0 Å². The Hall–Kier alpha value is -1.64. The fraction of sp³-hybridized carbons (Fsp3) is 0.588. The van der Waals surface area contributed by atoms with E-state index in [1.807, 2.05) is 7.05 Å². The minimum atomic E-state index is -4.58. The fourth-order valence-corrected chi connectivity index (χ4v) is 3.53. The first-order valence-electron chi connectivity index (χ1n) is 8.33. The molecule has 1 amide bonds. The monoisotopic (exact) mass is 357 g/mol. The van der Waals surface area contributed by atoms with Crippen LogP contribution in [0.2, 0.25) is 0 Å². The van der Waals surface area contributed by atoms with E-state index in [2.05, 4.69) is 9.80 Å². The SMILES string of the molecule is CN1CCN([C@@H]2CN(C(=O)c3ccccc3C(F)(F)F)C[C@H]2O)CC1. The van der Waals surface area contributed by atoms with Gasteiger partial charge in [-0.25, -0.2) is 0 Å². The van der Waals surface area contributed by atoms with Gasteiger partial charge in [-0.3, -0.25) is 9.69 Å². The average molecular weight is 357 g/mol. The van der Waals surface area contributed by atoms with Crippen LogP contribution in [0.1, 0.15) is 15.9 Å². The summed E-state index contributed by atoms with van der Waals surface area (Å²) in [7, 11) is 2.02. The van der Waals surface area contributed by atoms with E-state index in [9.17, 15) is 23.1 Å². The zero-order valence-electron chi connectivity index (χ0n) is 14.0. The number of aliphatic hydroxyl groups is 1. The first-order valence-corrected chi connectivity index (χ1v) is 8.33. The zero-order valence-corrected chi connectivity index (χ0v) is 14.0. The molecule has 138 valence electrons. The molecule has 1 aromatic carbocycles. The summed E-state index contributed by atoms with van der Waals surface area (Å²) >= 11 is 0. The van der Waals surface area contributed by atoms with Gasteiger partial charge in [-0.1, -0.05) is 12.1 Å². The molecule has 8 heteroatoms. The van der Waals surface area contributed by atoms with Crippen molar-refractivity contribution in [3.05, 3.63) is 35.4 Å². The molecule has 5 nitrogen and oxygen atoms in total. The minimum Gasteiger partial charge on any atom is -0.390 e. The van der Waals surface area contributed by atoms with Gasteiger partial charge in [0.15, 0.2) is 0 Å². The van der Waals surface area contributed by atoms with Crippen LogP contribution in [0.15, 0.2) is 24.3 Å². The first kappa shape index (κ1) is 18.2. The average Bonchev–Trinajstić information content (AvgIpc) is 2.96. The molecule has 3 rings (SSSR count). The zero-order chi connectivity index (χ0) is 18.2. The lowest BCUT2D eigenvalue weighted by Gasteiger charge is -2.37. The summed E-state index contributed by atoms with van der Waals surface area (Å²) in [6.45, 7) is 3.60. The van der Waals surface area contributed by atoms with E-state index < -0.39 is 23.8 Å². The van der Waals surface area contributed by atoms with Gasteiger partial charge in [-0.05, 0) is 19.2 Å². The first-order chi connectivity index (χ1) is 11.8. The molecule has 2 aliphatic rings. The number of hydrogen-bond donors (Lipinski definition) is 1. The molecule has 0 unspecified atom stereocenters. The van der Waals surface area contributed by atoms with E-state index >= 15 is 0 Å². The second-order valence-electron chi connectivity index (χ2n) is 6.73. The standard InChI is InChI=1S/C17H22F3N3O2/c1-21-6-8-22(9-7-21)14-10-23(11-15(14)24)16(25)12-4-2-3-5-13(12)17(18,19)20/h2-5,14-15,24H,6-11H2,1H3/t14-,15-/m1/s1. The summed E-state index contributed by atoms with van der Waals surface area (Å²) in [5.41, 5.74) is -1.29. The second-order valence-corrected chi connectivity index (χ2v) is 6.73. The van der Waals surface area contributed by atoms with E-state index in [0.29, 0.717) is 0 Å². The molecule has 0 aromatic heterocycles. The molecule has 0 radical (unpaired) electrons. The van der Waals surface area contributed by atoms with Crippen LogP contribution in [0.4, 0.5) is 13.2 Å². The Morgan fingerprint density at radius 1 is 1.12 bits per heavy atom. The number of amides is 1. The molecule has 0 bridgehead atoms. The maximum atomic E-state index is 13.1. The molecule has 1 aromatic rings. The number of aliphatic hydroxyl groups excluding tert-OH is 1. The van der Waals surface area contributed by atoms with Crippen LogP contribution in [-0.2, 0) is 6.18 Å². The predicted molar refractivity (Wildman–Crippen MR) is 86.2 cm³/mol. The quantitative estimate of drug-likeness (QED) is 0.862. The minimum absolute atomic E-state index is 0.0576. The molecule has 2 saturated heterocycles. The number of carbonyl (C=O) groups excluding carboxylic acids is 1. The van der Waals surface area contributed by atoms with Crippen molar-refractivity contribution in [1.29, 1.82) is 0 Å². The Labute approximate surface area is 144 Å². The number of hydrogen-bond acceptors (Lipinski definition) is 4. The third kappa shape index (κ3) is 3.80. The van der Waals surface area contributed by atoms with E-state index in [0.717, 1.165) is 32.2 Å². The van der Waals surface area contributed by atoms with Gasteiger partial charge in [0.2, 0.25) is 0 Å². The lowest BCUT2D eigenvalue weighted by atomic mass is 10.1. The Morgan fingerprint density at radius 3 is 2.40 bits per heavy atom. The van der Waals surface area contributed by atoms with Crippen molar-refractivity contribution in [2.45, 2.75) is 18.3 Å². The van der Waals surface area contributed by atoms with Gasteiger partial charge in [0.1, 0.15) is 0 Å². The van der Waals surface area contributed by atoms with Gasteiger partial charge in [0, 0.05) is 39.3 Å². The third-order valence-electron chi connectivity index (χ3n) is 5.02. The lowest BCUT2D eigenvalue weighted by molar-refractivity contribution is -0.138. The van der Waals surface area contributed by atoms with E-state index in [1.165, 1.54) is 23.1 Å². The number of piperazine rings is 1. The molecular formula is C17H22F3N3O2. The van der Waals surface area contributed by atoms with Gasteiger partial charge in [-0.2, -0.15) is 13.2 Å². The van der Waals surface area contributed by atoms with E-state index in [1.54, 1.807) is 0 Å². The molecule has 0 saturated carbocycles. The van der Waals surface area contributed by atoms with E-state index in [-0.39, 0.29) is 24.7 Å². The van der Waals surface area contributed by atoms with Crippen molar-refractivity contribution in [1.82, 2.24) is 14.7 Å². The van der Waals surface area contributed by atoms with Crippen LogP contribution >= 0.6 is 0 Å². The molecule has 2 atom stereocenters. The Balaban J connectivity index is 1.74. The largest absolute Gasteiger partial charge is 0.417 e. The molecule has 25 heavy (non-hydrogen) atoms. The van der Waals surface area contributed by atoms with Crippen LogP contribution in [0.25, 0.3) is 0 Å². The Bertz CT molecular complexity index is 630. The van der Waals surface area contributed by atoms with Gasteiger partial charge in [0.05, 0.1) is 23.3 Å². The molecule has 1 N–H and O–H groups in total. The Morgan fingerprint density at radius 2 is 1.76 bits per heavy atom. The maximum Gasteiger partial charge on any atom is 0.417 e.